The first-order valence-corrected chi connectivity index (χ1v) is 6.79. The van der Waals surface area contributed by atoms with E-state index in [2.05, 4.69) is 4.98 Å². The summed E-state index contributed by atoms with van der Waals surface area (Å²) in [4.78, 5) is 18.7. The number of amides is 1. The molecule has 2 heterocycles. The maximum absolute atomic E-state index is 12.5. The summed E-state index contributed by atoms with van der Waals surface area (Å²) in [5.41, 5.74) is 6.14. The van der Waals surface area contributed by atoms with Gasteiger partial charge >= 0.3 is 0 Å². The van der Waals surface area contributed by atoms with Gasteiger partial charge in [0, 0.05) is 12.6 Å². The van der Waals surface area contributed by atoms with Crippen LogP contribution in [0, 0.1) is 5.92 Å². The second-order valence-corrected chi connectivity index (χ2v) is 5.35. The Morgan fingerprint density at radius 2 is 2.05 bits per heavy atom. The highest BCUT2D eigenvalue weighted by molar-refractivity contribution is 5.93. The Morgan fingerprint density at radius 1 is 1.26 bits per heavy atom. The summed E-state index contributed by atoms with van der Waals surface area (Å²) in [6.45, 7) is 0.872. The van der Waals surface area contributed by atoms with E-state index in [0.717, 1.165) is 19.4 Å². The Hall–Kier alpha value is -1.29. The third kappa shape index (κ3) is 2.68. The van der Waals surface area contributed by atoms with Crippen molar-refractivity contribution in [3.05, 3.63) is 23.9 Å². The van der Waals surface area contributed by atoms with Crippen LogP contribution in [-0.2, 0) is 0 Å². The van der Waals surface area contributed by atoms with Crippen LogP contribution in [0.15, 0.2) is 18.2 Å². The van der Waals surface area contributed by atoms with Crippen molar-refractivity contribution in [1.82, 2.24) is 9.88 Å². The number of fused-ring (bicyclic) bond motifs is 1. The summed E-state index contributed by atoms with van der Waals surface area (Å²) in [5, 5.41) is 0. The highest BCUT2D eigenvalue weighted by Gasteiger charge is 2.37. The predicted molar refractivity (Wildman–Crippen MR) is 77.3 cm³/mol. The van der Waals surface area contributed by atoms with Crippen LogP contribution in [0.1, 0.15) is 42.6 Å². The second kappa shape index (κ2) is 5.78. The minimum Gasteiger partial charge on any atom is -0.384 e. The van der Waals surface area contributed by atoms with Gasteiger partial charge in [-0.2, -0.15) is 0 Å². The largest absolute Gasteiger partial charge is 0.384 e. The molecule has 0 radical (unpaired) electrons. The van der Waals surface area contributed by atoms with Gasteiger partial charge in [0.25, 0.3) is 5.91 Å². The third-order valence-corrected chi connectivity index (χ3v) is 4.24. The van der Waals surface area contributed by atoms with Crippen molar-refractivity contribution in [3.63, 3.8) is 0 Å². The molecule has 1 aromatic heterocycles. The zero-order valence-electron chi connectivity index (χ0n) is 10.9. The van der Waals surface area contributed by atoms with Gasteiger partial charge in [-0.1, -0.05) is 12.5 Å². The van der Waals surface area contributed by atoms with Crippen LogP contribution in [-0.4, -0.2) is 28.4 Å². The van der Waals surface area contributed by atoms with Gasteiger partial charge in [0.2, 0.25) is 0 Å². The molecule has 1 aliphatic carbocycles. The quantitative estimate of drug-likeness (QED) is 0.860. The molecule has 2 unspecified atom stereocenters. The lowest BCUT2D eigenvalue weighted by molar-refractivity contribution is 0.0542. The zero-order chi connectivity index (χ0) is 12.5. The lowest BCUT2D eigenvalue weighted by Gasteiger charge is -2.37. The number of hydrogen-bond acceptors (Lipinski definition) is 3. The number of nitrogens with zero attached hydrogens (tertiary/aromatic N) is 2. The maximum Gasteiger partial charge on any atom is 0.272 e. The number of carbonyl (C=O) groups is 1. The van der Waals surface area contributed by atoms with Crippen molar-refractivity contribution in [3.8, 4) is 0 Å². The minimum atomic E-state index is 0. The van der Waals surface area contributed by atoms with Crippen molar-refractivity contribution in [2.45, 2.75) is 38.1 Å². The fraction of sp³-hybridized carbons (Fsp3) is 0.571. The average molecular weight is 282 g/mol. The SMILES string of the molecule is Cl.Nc1cccc(C(=O)N2CCCC3CCCC32)n1. The third-order valence-electron chi connectivity index (χ3n) is 4.24. The normalized spacial score (nSPS) is 25.6. The lowest BCUT2D eigenvalue weighted by Crippen LogP contribution is -2.46. The van der Waals surface area contributed by atoms with Gasteiger partial charge < -0.3 is 10.6 Å². The van der Waals surface area contributed by atoms with Crippen LogP contribution >= 0.6 is 12.4 Å². The number of nitrogens with two attached hydrogens (primary N) is 1. The van der Waals surface area contributed by atoms with E-state index in [1.165, 1.54) is 19.3 Å². The molecule has 1 aromatic rings. The number of piperidine rings is 1. The standard InChI is InChI=1S/C14H19N3O.ClH/c15-13-8-2-6-11(16-13)14(18)17-9-3-5-10-4-1-7-12(10)17;/h2,6,8,10,12H,1,3-5,7,9H2,(H2,15,16);1H. The lowest BCUT2D eigenvalue weighted by atomic mass is 9.91. The van der Waals surface area contributed by atoms with Crippen LogP contribution in [0.4, 0.5) is 5.82 Å². The monoisotopic (exact) mass is 281 g/mol. The van der Waals surface area contributed by atoms with Gasteiger partial charge in [-0.3, -0.25) is 4.79 Å². The smallest absolute Gasteiger partial charge is 0.272 e. The Morgan fingerprint density at radius 3 is 2.84 bits per heavy atom. The molecule has 1 saturated heterocycles. The molecule has 1 saturated carbocycles. The van der Waals surface area contributed by atoms with Crippen LogP contribution < -0.4 is 5.73 Å². The molecular weight excluding hydrogens is 262 g/mol. The number of hydrogen-bond donors (Lipinski definition) is 1. The van der Waals surface area contributed by atoms with E-state index in [-0.39, 0.29) is 18.3 Å². The molecule has 2 fully saturated rings. The first-order valence-electron chi connectivity index (χ1n) is 6.79. The highest BCUT2D eigenvalue weighted by Crippen LogP contribution is 2.37. The molecule has 2 atom stereocenters. The van der Waals surface area contributed by atoms with Crippen LogP contribution in [0.2, 0.25) is 0 Å². The van der Waals surface area contributed by atoms with Crippen molar-refractivity contribution in [1.29, 1.82) is 0 Å². The summed E-state index contributed by atoms with van der Waals surface area (Å²) in [5.74, 6) is 1.18. The Balaban J connectivity index is 0.00000133. The van der Waals surface area contributed by atoms with Gasteiger partial charge in [-0.05, 0) is 43.7 Å². The highest BCUT2D eigenvalue weighted by atomic mass is 35.5. The molecule has 0 aromatic carbocycles. The molecule has 0 bridgehead atoms. The van der Waals surface area contributed by atoms with Crippen LogP contribution in [0.25, 0.3) is 0 Å². The number of anilines is 1. The van der Waals surface area contributed by atoms with E-state index in [4.69, 9.17) is 5.73 Å². The molecule has 19 heavy (non-hydrogen) atoms. The number of halogens is 1. The Labute approximate surface area is 119 Å². The number of aromatic nitrogens is 1. The van der Waals surface area contributed by atoms with Crippen molar-refractivity contribution in [2.75, 3.05) is 12.3 Å². The van der Waals surface area contributed by atoms with Crippen LogP contribution in [0.3, 0.4) is 0 Å². The van der Waals surface area contributed by atoms with E-state index >= 15 is 0 Å². The number of nitrogen functional groups attached to an aromatic ring is 1. The summed E-state index contributed by atoms with van der Waals surface area (Å²) in [6, 6.07) is 5.71. The summed E-state index contributed by atoms with van der Waals surface area (Å²) in [6.07, 6.45) is 6.08. The van der Waals surface area contributed by atoms with E-state index in [1.54, 1.807) is 18.2 Å². The number of rotatable bonds is 1. The molecule has 4 nitrogen and oxygen atoms in total. The second-order valence-electron chi connectivity index (χ2n) is 5.35. The molecule has 2 aliphatic rings. The molecular formula is C14H20ClN3O. The van der Waals surface area contributed by atoms with Gasteiger partial charge in [0.05, 0.1) is 0 Å². The number of likely N-dealkylation sites (tertiary alicyclic amines) is 1. The van der Waals surface area contributed by atoms with Crippen molar-refractivity contribution < 1.29 is 4.79 Å². The molecule has 0 spiro atoms. The van der Waals surface area contributed by atoms with E-state index in [1.807, 2.05) is 4.90 Å². The summed E-state index contributed by atoms with van der Waals surface area (Å²) < 4.78 is 0. The van der Waals surface area contributed by atoms with Gasteiger partial charge in [0.1, 0.15) is 11.5 Å². The molecule has 3 rings (SSSR count). The van der Waals surface area contributed by atoms with Gasteiger partial charge in [-0.15, -0.1) is 12.4 Å². The minimum absolute atomic E-state index is 0. The van der Waals surface area contributed by atoms with E-state index in [0.29, 0.717) is 23.5 Å². The van der Waals surface area contributed by atoms with Crippen molar-refractivity contribution >= 4 is 24.1 Å². The number of carbonyl (C=O) groups excluding carboxylic acids is 1. The molecule has 104 valence electrons. The maximum atomic E-state index is 12.5. The zero-order valence-corrected chi connectivity index (χ0v) is 11.7. The van der Waals surface area contributed by atoms with E-state index < -0.39 is 0 Å². The van der Waals surface area contributed by atoms with E-state index in [9.17, 15) is 4.79 Å². The average Bonchev–Trinajstić information content (AvgIpc) is 2.86. The first kappa shape index (κ1) is 14.1. The molecule has 2 N–H and O–H groups in total. The number of pyridine rings is 1. The van der Waals surface area contributed by atoms with Gasteiger partial charge in [0.15, 0.2) is 0 Å². The molecule has 1 aliphatic heterocycles. The Kier molecular flexibility index (Phi) is 4.30. The fourth-order valence-electron chi connectivity index (χ4n) is 3.42. The van der Waals surface area contributed by atoms with Gasteiger partial charge in [-0.25, -0.2) is 4.98 Å². The fourth-order valence-corrected chi connectivity index (χ4v) is 3.42. The Bertz CT molecular complexity index is 466. The van der Waals surface area contributed by atoms with Crippen molar-refractivity contribution in [2.24, 2.45) is 5.92 Å². The summed E-state index contributed by atoms with van der Waals surface area (Å²) in [7, 11) is 0. The molecule has 5 heteroatoms. The predicted octanol–water partition coefficient (Wildman–Crippen LogP) is 2.49. The first-order chi connectivity index (χ1) is 8.75. The summed E-state index contributed by atoms with van der Waals surface area (Å²) >= 11 is 0. The topological polar surface area (TPSA) is 59.2 Å². The molecule has 1 amide bonds. The van der Waals surface area contributed by atoms with Crippen LogP contribution in [0.5, 0.6) is 0 Å².